The fraction of sp³-hybridized carbons (Fsp3) is 0.800. The maximum atomic E-state index is 8.56. The molecule has 0 aliphatic carbocycles. The van der Waals surface area contributed by atoms with Crippen molar-refractivity contribution in [1.29, 1.82) is 0 Å². The van der Waals surface area contributed by atoms with Crippen molar-refractivity contribution in [2.45, 2.75) is 53.4 Å². The Hall–Kier alpha value is -1.54. The van der Waals surface area contributed by atoms with Gasteiger partial charge in [-0.2, -0.15) is 0 Å². The van der Waals surface area contributed by atoms with E-state index in [1.807, 2.05) is 0 Å². The molecular formula is C10H26O8. The van der Waals surface area contributed by atoms with Crippen LogP contribution < -0.4 is 0 Å². The predicted molar refractivity (Wildman–Crippen MR) is 67.7 cm³/mol. The molecule has 0 spiro atoms. The van der Waals surface area contributed by atoms with E-state index in [0.29, 0.717) is 0 Å². The molecule has 18 heavy (non-hydrogen) atoms. The quantitative estimate of drug-likeness (QED) is 0.325. The lowest BCUT2D eigenvalue weighted by molar-refractivity contribution is -0.176. The van der Waals surface area contributed by atoms with Crippen molar-refractivity contribution in [3.8, 4) is 0 Å². The van der Waals surface area contributed by atoms with Crippen LogP contribution in [0.5, 0.6) is 0 Å². The van der Waals surface area contributed by atoms with Crippen molar-refractivity contribution in [2.24, 2.45) is 0 Å². The van der Waals surface area contributed by atoms with Gasteiger partial charge in [0.1, 0.15) is 0 Å². The summed E-state index contributed by atoms with van der Waals surface area (Å²) in [4.78, 5) is 17.1. The molecule has 0 aromatic heterocycles. The monoisotopic (exact) mass is 274 g/mol. The summed E-state index contributed by atoms with van der Waals surface area (Å²) in [7, 11) is 0. The largest absolute Gasteiger partial charge is 0.503 e. The summed E-state index contributed by atoms with van der Waals surface area (Å²) in [6, 6.07) is 0. The van der Waals surface area contributed by atoms with Crippen LogP contribution >= 0.6 is 0 Å². The molecule has 0 unspecified atom stereocenters. The highest BCUT2D eigenvalue weighted by Gasteiger charge is 1.70. The third kappa shape index (κ3) is 12400. The van der Waals surface area contributed by atoms with E-state index in [1.165, 1.54) is 25.7 Å². The zero-order valence-electron chi connectivity index (χ0n) is 11.3. The van der Waals surface area contributed by atoms with E-state index < -0.39 is 12.3 Å². The highest BCUT2D eigenvalue weighted by atomic mass is 17.0. The van der Waals surface area contributed by atoms with Gasteiger partial charge in [-0.05, 0) is 0 Å². The molecule has 0 saturated heterocycles. The minimum atomic E-state index is -1.83. The molecule has 0 heterocycles. The van der Waals surface area contributed by atoms with E-state index in [-0.39, 0.29) is 0 Å². The van der Waals surface area contributed by atoms with Crippen LogP contribution in [0.15, 0.2) is 0 Å². The lowest BCUT2D eigenvalue weighted by Crippen LogP contribution is -1.81. The summed E-state index contributed by atoms with van der Waals surface area (Å²) in [6.07, 6.45) is 1.61. The van der Waals surface area contributed by atoms with Crippen LogP contribution in [0, 0.1) is 0 Å². The van der Waals surface area contributed by atoms with Crippen molar-refractivity contribution < 1.29 is 40.5 Å². The van der Waals surface area contributed by atoms with E-state index in [4.69, 9.17) is 40.5 Å². The number of hydrogen-bond acceptors (Lipinski definition) is 4. The van der Waals surface area contributed by atoms with Gasteiger partial charge in [0.15, 0.2) is 0 Å². The van der Waals surface area contributed by atoms with Gasteiger partial charge in [-0.25, -0.2) is 9.59 Å². The van der Waals surface area contributed by atoms with Crippen molar-refractivity contribution in [2.75, 3.05) is 0 Å². The summed E-state index contributed by atoms with van der Waals surface area (Å²) in [6.45, 7) is 8.72. The molecule has 8 nitrogen and oxygen atoms in total. The number of hydrogen-bond donors (Lipinski definition) is 6. The third-order valence-electron chi connectivity index (χ3n) is 1.000. The second kappa shape index (κ2) is 45.2. The first kappa shape index (κ1) is 30.0. The minimum Gasteiger partial charge on any atom is -0.450 e. The summed E-state index contributed by atoms with van der Waals surface area (Å²) in [5, 5.41) is 39.9. The van der Waals surface area contributed by atoms with Crippen LogP contribution in [0.4, 0.5) is 9.59 Å². The van der Waals surface area contributed by atoms with Gasteiger partial charge >= 0.3 is 12.3 Å². The maximum Gasteiger partial charge on any atom is 0.503 e. The van der Waals surface area contributed by atoms with E-state index in [2.05, 4.69) is 27.7 Å². The van der Waals surface area contributed by atoms with E-state index in [1.54, 1.807) is 0 Å². The molecule has 0 bridgehead atoms. The van der Waals surface area contributed by atoms with Crippen LogP contribution in [0.25, 0.3) is 0 Å². The van der Waals surface area contributed by atoms with Gasteiger partial charge in [-0.15, -0.1) is 0 Å². The Morgan fingerprint density at radius 3 is 0.667 bits per heavy atom. The third-order valence-corrected chi connectivity index (χ3v) is 1.000. The second-order valence-electron chi connectivity index (χ2n) is 2.57. The Balaban J connectivity index is -0.0000000399. The van der Waals surface area contributed by atoms with Crippen molar-refractivity contribution in [3.05, 3.63) is 0 Å². The lowest BCUT2D eigenvalue weighted by atomic mass is 10.4. The molecule has 8 heteroatoms. The average Bonchev–Trinajstić information content (AvgIpc) is 2.30. The van der Waals surface area contributed by atoms with Gasteiger partial charge in [0.05, 0.1) is 0 Å². The van der Waals surface area contributed by atoms with E-state index in [9.17, 15) is 0 Å². The number of carboxylic acid groups (broad SMARTS) is 4. The average molecular weight is 274 g/mol. The predicted octanol–water partition coefficient (Wildman–Crippen LogP) is 4.08. The molecule has 0 aliphatic heterocycles. The van der Waals surface area contributed by atoms with Gasteiger partial charge in [-0.1, -0.05) is 53.4 Å². The van der Waals surface area contributed by atoms with Gasteiger partial charge in [0, 0.05) is 0 Å². The molecule has 0 saturated carbocycles. The first-order chi connectivity index (χ1) is 8.29. The van der Waals surface area contributed by atoms with Gasteiger partial charge in [0.25, 0.3) is 0 Å². The highest BCUT2D eigenvalue weighted by Crippen LogP contribution is 1.77. The SMILES string of the molecule is CCCC.CCCC.O=C(O)O.O=C(O)O.OO. The molecule has 0 rings (SSSR count). The first-order valence-corrected chi connectivity index (χ1v) is 5.33. The Bertz CT molecular complexity index is 110. The molecule has 6 N–H and O–H groups in total. The molecule has 0 aromatic carbocycles. The molecular weight excluding hydrogens is 248 g/mol. The van der Waals surface area contributed by atoms with Crippen LogP contribution in [0.3, 0.4) is 0 Å². The standard InChI is InChI=1S/2C4H10.2CH2O3.H2O2/c2*1-3-4-2;2*2-1(3)4;1-2/h2*3-4H2,1-2H3;2*(H2,2,3,4);1-2H. The fourth-order valence-electron chi connectivity index (χ4n) is 0. The van der Waals surface area contributed by atoms with Crippen LogP contribution in [-0.4, -0.2) is 43.3 Å². The topological polar surface area (TPSA) is 156 Å². The van der Waals surface area contributed by atoms with Crippen molar-refractivity contribution >= 4 is 12.3 Å². The summed E-state index contributed by atoms with van der Waals surface area (Å²) in [5.74, 6) is 0. The molecule has 114 valence electrons. The molecule has 0 atom stereocenters. The van der Waals surface area contributed by atoms with E-state index >= 15 is 0 Å². The summed E-state index contributed by atoms with van der Waals surface area (Å²) < 4.78 is 0. The van der Waals surface area contributed by atoms with Crippen molar-refractivity contribution in [1.82, 2.24) is 0 Å². The second-order valence-corrected chi connectivity index (χ2v) is 2.57. The van der Waals surface area contributed by atoms with Crippen molar-refractivity contribution in [3.63, 3.8) is 0 Å². The number of rotatable bonds is 2. The van der Waals surface area contributed by atoms with Gasteiger partial charge in [0.2, 0.25) is 0 Å². The lowest BCUT2D eigenvalue weighted by Gasteiger charge is -1.68. The van der Waals surface area contributed by atoms with Gasteiger partial charge < -0.3 is 20.4 Å². The maximum absolute atomic E-state index is 8.56. The van der Waals surface area contributed by atoms with Crippen LogP contribution in [0.2, 0.25) is 0 Å². The molecule has 0 aromatic rings. The minimum absolute atomic E-state index is 1.32. The zero-order valence-corrected chi connectivity index (χ0v) is 11.3. The Kier molecular flexibility index (Phi) is 75.2. The van der Waals surface area contributed by atoms with Crippen LogP contribution in [-0.2, 0) is 0 Å². The number of carbonyl (C=O) groups is 2. The fourth-order valence-corrected chi connectivity index (χ4v) is 0. The van der Waals surface area contributed by atoms with Crippen LogP contribution in [0.1, 0.15) is 53.4 Å². The molecule has 0 amide bonds. The Morgan fingerprint density at radius 1 is 0.611 bits per heavy atom. The highest BCUT2D eigenvalue weighted by molar-refractivity contribution is 5.53. The Morgan fingerprint density at radius 2 is 0.667 bits per heavy atom. The molecule has 0 aliphatic rings. The van der Waals surface area contributed by atoms with Gasteiger partial charge in [-0.3, -0.25) is 10.5 Å². The number of unbranched alkanes of at least 4 members (excludes halogenated alkanes) is 2. The Labute approximate surface area is 107 Å². The summed E-state index contributed by atoms with van der Waals surface area (Å²) >= 11 is 0. The van der Waals surface area contributed by atoms with E-state index in [0.717, 1.165) is 0 Å². The molecule has 0 radical (unpaired) electrons. The first-order valence-electron chi connectivity index (χ1n) is 5.33. The summed E-state index contributed by atoms with van der Waals surface area (Å²) in [5.41, 5.74) is 0. The molecule has 0 fully saturated rings. The zero-order chi connectivity index (χ0) is 16.0. The smallest absolute Gasteiger partial charge is 0.450 e. The normalized spacial score (nSPS) is 6.33.